The molecule has 0 heterocycles. The molecule has 0 aromatic carbocycles. The highest BCUT2D eigenvalue weighted by Gasteiger charge is 2.29. The van der Waals surface area contributed by atoms with Gasteiger partial charge in [0.2, 0.25) is 10.0 Å². The molecule has 0 spiro atoms. The first-order valence-electron chi connectivity index (χ1n) is 6.21. The van der Waals surface area contributed by atoms with Gasteiger partial charge >= 0.3 is 0 Å². The van der Waals surface area contributed by atoms with Crippen LogP contribution in [-0.2, 0) is 19.5 Å². The van der Waals surface area contributed by atoms with Crippen LogP contribution in [0.25, 0.3) is 0 Å². The van der Waals surface area contributed by atoms with Crippen molar-refractivity contribution >= 4 is 10.0 Å². The zero-order valence-corrected chi connectivity index (χ0v) is 12.4. The Morgan fingerprint density at radius 1 is 1.17 bits per heavy atom. The third-order valence-electron chi connectivity index (χ3n) is 2.80. The van der Waals surface area contributed by atoms with E-state index in [1.54, 1.807) is 14.2 Å². The molecular weight excluding hydrogens is 256 g/mol. The monoisotopic (exact) mass is 282 g/mol. The Labute approximate surface area is 110 Å². The lowest BCUT2D eigenvalue weighted by Crippen LogP contribution is -2.44. The molecule has 0 saturated carbocycles. The maximum absolute atomic E-state index is 12.3. The van der Waals surface area contributed by atoms with Crippen molar-refractivity contribution in [3.8, 4) is 0 Å². The van der Waals surface area contributed by atoms with E-state index in [1.165, 1.54) is 4.31 Å². The number of hydrogen-bond acceptors (Lipinski definition) is 5. The minimum atomic E-state index is -3.34. The van der Waals surface area contributed by atoms with E-state index >= 15 is 0 Å². The van der Waals surface area contributed by atoms with Gasteiger partial charge in [-0.2, -0.15) is 4.31 Å². The van der Waals surface area contributed by atoms with E-state index in [0.29, 0.717) is 39.1 Å². The molecule has 0 radical (unpaired) electrons. The van der Waals surface area contributed by atoms with Crippen LogP contribution in [0.1, 0.15) is 19.8 Å². The first-order chi connectivity index (χ1) is 8.54. The predicted molar refractivity (Wildman–Crippen MR) is 72.0 cm³/mol. The quantitative estimate of drug-likeness (QED) is 0.541. The van der Waals surface area contributed by atoms with Crippen LogP contribution in [-0.4, -0.2) is 65.0 Å². The molecule has 0 rings (SSSR count). The van der Waals surface area contributed by atoms with Crippen molar-refractivity contribution in [3.63, 3.8) is 0 Å². The summed E-state index contributed by atoms with van der Waals surface area (Å²) in [5.41, 5.74) is 5.53. The average Bonchev–Trinajstić information content (AvgIpc) is 2.34. The fourth-order valence-electron chi connectivity index (χ4n) is 1.65. The number of sulfonamides is 1. The standard InChI is InChI=1S/C11H26N2O4S/c1-4-11(10-12)18(14,15)13(7-9-17-3)6-5-8-16-2/h11H,4-10,12H2,1-3H3. The van der Waals surface area contributed by atoms with Gasteiger partial charge in [-0.1, -0.05) is 6.92 Å². The SMILES string of the molecule is CCC(CN)S(=O)(=O)N(CCCOC)CCOC. The van der Waals surface area contributed by atoms with E-state index in [2.05, 4.69) is 0 Å². The molecule has 7 heteroatoms. The van der Waals surface area contributed by atoms with Crippen molar-refractivity contribution in [2.75, 3.05) is 47.1 Å². The maximum atomic E-state index is 12.3. The Morgan fingerprint density at radius 2 is 1.78 bits per heavy atom. The normalized spacial score (nSPS) is 14.1. The van der Waals surface area contributed by atoms with Gasteiger partial charge in [-0.05, 0) is 12.8 Å². The van der Waals surface area contributed by atoms with Crippen LogP contribution in [0.5, 0.6) is 0 Å². The minimum absolute atomic E-state index is 0.145. The molecule has 0 aliphatic heterocycles. The fraction of sp³-hybridized carbons (Fsp3) is 1.00. The van der Waals surface area contributed by atoms with Crippen LogP contribution in [0.2, 0.25) is 0 Å². The zero-order valence-electron chi connectivity index (χ0n) is 11.6. The molecule has 0 aliphatic rings. The summed E-state index contributed by atoms with van der Waals surface area (Å²) < 4.78 is 36.0. The van der Waals surface area contributed by atoms with Gasteiger partial charge in [0.1, 0.15) is 0 Å². The third kappa shape index (κ3) is 5.62. The Kier molecular flexibility index (Phi) is 9.57. The molecule has 0 saturated heterocycles. The van der Waals surface area contributed by atoms with Crippen LogP contribution in [0.15, 0.2) is 0 Å². The minimum Gasteiger partial charge on any atom is -0.385 e. The maximum Gasteiger partial charge on any atom is 0.218 e. The number of hydrogen-bond donors (Lipinski definition) is 1. The summed E-state index contributed by atoms with van der Waals surface area (Å²) in [6, 6.07) is 0. The smallest absolute Gasteiger partial charge is 0.218 e. The number of nitrogens with two attached hydrogens (primary N) is 1. The van der Waals surface area contributed by atoms with Gasteiger partial charge in [-0.3, -0.25) is 0 Å². The van der Waals surface area contributed by atoms with Crippen molar-refractivity contribution < 1.29 is 17.9 Å². The van der Waals surface area contributed by atoms with E-state index in [9.17, 15) is 8.42 Å². The molecule has 1 atom stereocenters. The molecule has 18 heavy (non-hydrogen) atoms. The fourth-order valence-corrected chi connectivity index (χ4v) is 3.45. The molecule has 0 amide bonds. The molecule has 0 fully saturated rings. The molecular formula is C11H26N2O4S. The van der Waals surface area contributed by atoms with Crippen molar-refractivity contribution in [2.24, 2.45) is 5.73 Å². The lowest BCUT2D eigenvalue weighted by atomic mass is 10.3. The van der Waals surface area contributed by atoms with Crippen molar-refractivity contribution in [3.05, 3.63) is 0 Å². The largest absolute Gasteiger partial charge is 0.385 e. The lowest BCUT2D eigenvalue weighted by molar-refractivity contribution is 0.164. The Bertz CT molecular complexity index is 291. The first-order valence-corrected chi connectivity index (χ1v) is 7.71. The van der Waals surface area contributed by atoms with Crippen molar-refractivity contribution in [1.29, 1.82) is 0 Å². The summed E-state index contributed by atoms with van der Waals surface area (Å²) in [4.78, 5) is 0. The highest BCUT2D eigenvalue weighted by Crippen LogP contribution is 2.12. The summed E-state index contributed by atoms with van der Waals surface area (Å²) in [6.45, 7) is 3.70. The third-order valence-corrected chi connectivity index (χ3v) is 5.25. The highest BCUT2D eigenvalue weighted by molar-refractivity contribution is 7.89. The molecule has 1 unspecified atom stereocenters. The second-order valence-corrected chi connectivity index (χ2v) is 6.26. The van der Waals surface area contributed by atoms with Crippen LogP contribution in [0.3, 0.4) is 0 Å². The topological polar surface area (TPSA) is 81.9 Å². The Hall–Kier alpha value is -0.210. The van der Waals surface area contributed by atoms with Crippen molar-refractivity contribution in [1.82, 2.24) is 4.31 Å². The summed E-state index contributed by atoms with van der Waals surface area (Å²) in [6.07, 6.45) is 1.19. The summed E-state index contributed by atoms with van der Waals surface area (Å²) >= 11 is 0. The molecule has 0 aliphatic carbocycles. The van der Waals surface area contributed by atoms with E-state index in [1.807, 2.05) is 6.92 Å². The van der Waals surface area contributed by atoms with Crippen LogP contribution in [0.4, 0.5) is 0 Å². The van der Waals surface area contributed by atoms with E-state index in [-0.39, 0.29) is 6.54 Å². The number of rotatable bonds is 11. The highest BCUT2D eigenvalue weighted by atomic mass is 32.2. The second-order valence-electron chi connectivity index (χ2n) is 4.05. The van der Waals surface area contributed by atoms with Gasteiger partial charge in [0, 0.05) is 40.5 Å². The first kappa shape index (κ1) is 17.8. The number of methoxy groups -OCH3 is 2. The van der Waals surface area contributed by atoms with Crippen molar-refractivity contribution in [2.45, 2.75) is 25.0 Å². The predicted octanol–water partition coefficient (Wildman–Crippen LogP) is 0.0384. The van der Waals surface area contributed by atoms with E-state index < -0.39 is 15.3 Å². The zero-order chi connectivity index (χ0) is 14.0. The van der Waals surface area contributed by atoms with Gasteiger partial charge < -0.3 is 15.2 Å². The molecule has 6 nitrogen and oxygen atoms in total. The lowest BCUT2D eigenvalue weighted by Gasteiger charge is -2.26. The van der Waals surface area contributed by atoms with Gasteiger partial charge in [-0.25, -0.2) is 8.42 Å². The van der Waals surface area contributed by atoms with Gasteiger partial charge in [0.15, 0.2) is 0 Å². The average molecular weight is 282 g/mol. The van der Waals surface area contributed by atoms with Crippen LogP contribution < -0.4 is 5.73 Å². The van der Waals surface area contributed by atoms with Crippen LogP contribution in [0, 0.1) is 0 Å². The molecule has 110 valence electrons. The summed E-state index contributed by atoms with van der Waals surface area (Å²) in [5.74, 6) is 0. The van der Waals surface area contributed by atoms with Gasteiger partial charge in [0.05, 0.1) is 11.9 Å². The van der Waals surface area contributed by atoms with E-state index in [4.69, 9.17) is 15.2 Å². The molecule has 0 bridgehead atoms. The Balaban J connectivity index is 4.69. The second kappa shape index (κ2) is 9.69. The van der Waals surface area contributed by atoms with E-state index in [0.717, 1.165) is 0 Å². The summed E-state index contributed by atoms with van der Waals surface area (Å²) in [7, 11) is -0.188. The van der Waals surface area contributed by atoms with Gasteiger partial charge in [-0.15, -0.1) is 0 Å². The number of nitrogens with zero attached hydrogens (tertiary/aromatic N) is 1. The summed E-state index contributed by atoms with van der Waals surface area (Å²) in [5, 5.41) is -0.517. The molecule has 0 aromatic heterocycles. The molecule has 2 N–H and O–H groups in total. The Morgan fingerprint density at radius 3 is 2.22 bits per heavy atom. The number of ether oxygens (including phenoxy) is 2. The van der Waals surface area contributed by atoms with Gasteiger partial charge in [0.25, 0.3) is 0 Å². The van der Waals surface area contributed by atoms with Crippen LogP contribution >= 0.6 is 0 Å². The molecule has 0 aromatic rings.